The first-order valence-corrected chi connectivity index (χ1v) is 7.64. The molecule has 3 rings (SSSR count). The van der Waals surface area contributed by atoms with Gasteiger partial charge in [-0.1, -0.05) is 13.8 Å². The van der Waals surface area contributed by atoms with Crippen molar-refractivity contribution in [1.82, 2.24) is 0 Å². The van der Waals surface area contributed by atoms with E-state index in [0.29, 0.717) is 23.0 Å². The molecule has 0 atom stereocenters. The van der Waals surface area contributed by atoms with E-state index in [-0.39, 0.29) is 11.5 Å². The number of rotatable bonds is 2. The van der Waals surface area contributed by atoms with E-state index in [4.69, 9.17) is 23.7 Å². The van der Waals surface area contributed by atoms with Gasteiger partial charge in [0.2, 0.25) is 11.6 Å². The molecule has 23 heavy (non-hydrogen) atoms. The number of hydrogen-bond acceptors (Lipinski definition) is 6. The second-order valence-corrected chi connectivity index (χ2v) is 6.96. The summed E-state index contributed by atoms with van der Waals surface area (Å²) in [6, 6.07) is 0. The van der Waals surface area contributed by atoms with Gasteiger partial charge < -0.3 is 23.7 Å². The monoisotopic (exact) mass is 322 g/mol. The highest BCUT2D eigenvalue weighted by Crippen LogP contribution is 2.58. The fourth-order valence-electron chi connectivity index (χ4n) is 2.91. The molecular weight excluding hydrogens is 300 g/mol. The molecule has 0 spiro atoms. The molecule has 2 heterocycles. The van der Waals surface area contributed by atoms with E-state index >= 15 is 0 Å². The average molecular weight is 322 g/mol. The van der Waals surface area contributed by atoms with Crippen LogP contribution in [0.4, 0.5) is 0 Å². The largest absolute Gasteiger partial charge is 0.465 e. The maximum atomic E-state index is 12.3. The van der Waals surface area contributed by atoms with Crippen molar-refractivity contribution in [2.45, 2.75) is 59.0 Å². The van der Waals surface area contributed by atoms with Gasteiger partial charge in [-0.25, -0.2) is 4.79 Å². The van der Waals surface area contributed by atoms with Crippen LogP contribution in [0.1, 0.15) is 63.4 Å². The van der Waals surface area contributed by atoms with Crippen molar-refractivity contribution < 1.29 is 28.5 Å². The van der Waals surface area contributed by atoms with Crippen molar-refractivity contribution >= 4 is 5.97 Å². The van der Waals surface area contributed by atoms with Crippen LogP contribution in [0.2, 0.25) is 0 Å². The second kappa shape index (κ2) is 4.69. The van der Waals surface area contributed by atoms with Crippen LogP contribution in [0.5, 0.6) is 23.0 Å². The number of benzene rings is 1. The summed E-state index contributed by atoms with van der Waals surface area (Å²) in [6.07, 6.45) is 0. The van der Waals surface area contributed by atoms with Crippen molar-refractivity contribution in [2.75, 3.05) is 7.11 Å². The van der Waals surface area contributed by atoms with Gasteiger partial charge in [0.05, 0.1) is 7.11 Å². The van der Waals surface area contributed by atoms with Crippen LogP contribution in [0.25, 0.3) is 0 Å². The summed E-state index contributed by atoms with van der Waals surface area (Å²) in [7, 11) is 1.32. The first kappa shape index (κ1) is 15.8. The summed E-state index contributed by atoms with van der Waals surface area (Å²) in [5, 5.41) is 0. The highest BCUT2D eigenvalue weighted by Gasteiger charge is 2.47. The normalized spacial score (nSPS) is 19.1. The lowest BCUT2D eigenvalue weighted by molar-refractivity contribution is -0.0495. The lowest BCUT2D eigenvalue weighted by Gasteiger charge is -2.19. The van der Waals surface area contributed by atoms with Crippen LogP contribution in [-0.4, -0.2) is 24.7 Å². The van der Waals surface area contributed by atoms with Gasteiger partial charge in [-0.05, 0) is 5.92 Å². The Balaban J connectivity index is 2.34. The number of hydrogen-bond donors (Lipinski definition) is 0. The third-order valence-corrected chi connectivity index (χ3v) is 3.71. The van der Waals surface area contributed by atoms with Gasteiger partial charge in [-0.15, -0.1) is 0 Å². The molecule has 0 radical (unpaired) electrons. The van der Waals surface area contributed by atoms with Gasteiger partial charge in [0.25, 0.3) is 0 Å². The van der Waals surface area contributed by atoms with Crippen LogP contribution < -0.4 is 18.9 Å². The molecule has 0 saturated carbocycles. The Hall–Kier alpha value is -2.11. The van der Waals surface area contributed by atoms with Crippen molar-refractivity contribution in [2.24, 2.45) is 0 Å². The topological polar surface area (TPSA) is 63.2 Å². The van der Waals surface area contributed by atoms with E-state index in [2.05, 4.69) is 0 Å². The zero-order valence-corrected chi connectivity index (χ0v) is 14.5. The van der Waals surface area contributed by atoms with Crippen molar-refractivity contribution in [3.63, 3.8) is 0 Å². The smallest absolute Gasteiger partial charge is 0.345 e. The molecule has 1 aromatic rings. The SMILES string of the molecule is COC(=O)c1c2c(c(C(C)C)c3c1OC(C)(C)O3)OC(C)(C)O2. The number of methoxy groups -OCH3 is 1. The van der Waals surface area contributed by atoms with Crippen molar-refractivity contribution in [3.05, 3.63) is 11.1 Å². The van der Waals surface area contributed by atoms with Crippen LogP contribution in [0, 0.1) is 0 Å². The Morgan fingerprint density at radius 1 is 0.870 bits per heavy atom. The standard InChI is InChI=1S/C17H22O6/c1-8(2)9-11-13(22-16(3,4)20-11)10(15(18)19-7)14-12(9)21-17(5,6)23-14/h8H,1-7H3. The maximum Gasteiger partial charge on any atom is 0.345 e. The van der Waals surface area contributed by atoms with Crippen molar-refractivity contribution in [1.29, 1.82) is 0 Å². The predicted octanol–water partition coefficient (Wildman–Crippen LogP) is 3.61. The van der Waals surface area contributed by atoms with E-state index < -0.39 is 17.5 Å². The number of carbonyl (C=O) groups is 1. The van der Waals surface area contributed by atoms with Crippen LogP contribution in [0.3, 0.4) is 0 Å². The molecule has 2 aliphatic rings. The second-order valence-electron chi connectivity index (χ2n) is 6.96. The summed E-state index contributed by atoms with van der Waals surface area (Å²) in [5.41, 5.74) is 1.04. The minimum Gasteiger partial charge on any atom is -0.465 e. The minimum atomic E-state index is -0.876. The van der Waals surface area contributed by atoms with E-state index in [1.54, 1.807) is 27.7 Å². The van der Waals surface area contributed by atoms with E-state index in [1.807, 2.05) is 13.8 Å². The van der Waals surface area contributed by atoms with Gasteiger partial charge in [-0.3, -0.25) is 0 Å². The maximum absolute atomic E-state index is 12.3. The molecule has 0 aliphatic carbocycles. The number of fused-ring (bicyclic) bond motifs is 2. The molecule has 0 unspecified atom stereocenters. The molecule has 0 bridgehead atoms. The lowest BCUT2D eigenvalue weighted by atomic mass is 9.97. The van der Waals surface area contributed by atoms with Crippen LogP contribution in [-0.2, 0) is 4.74 Å². The molecule has 0 fully saturated rings. The number of esters is 1. The van der Waals surface area contributed by atoms with Crippen molar-refractivity contribution in [3.8, 4) is 23.0 Å². The molecule has 6 nitrogen and oxygen atoms in total. The average Bonchev–Trinajstić information content (AvgIpc) is 2.87. The molecule has 2 aliphatic heterocycles. The minimum absolute atomic E-state index is 0.0965. The summed E-state index contributed by atoms with van der Waals surface area (Å²) < 4.78 is 28.6. The molecule has 1 aromatic carbocycles. The predicted molar refractivity (Wildman–Crippen MR) is 82.5 cm³/mol. The highest BCUT2D eigenvalue weighted by molar-refractivity contribution is 5.99. The third-order valence-electron chi connectivity index (χ3n) is 3.71. The number of ether oxygens (including phenoxy) is 5. The zero-order chi connectivity index (χ0) is 17.2. The van der Waals surface area contributed by atoms with E-state index in [9.17, 15) is 4.79 Å². The van der Waals surface area contributed by atoms with Gasteiger partial charge in [-0.2, -0.15) is 0 Å². The first-order chi connectivity index (χ1) is 10.6. The molecule has 0 amide bonds. The molecule has 0 aromatic heterocycles. The van der Waals surface area contributed by atoms with E-state index in [0.717, 1.165) is 5.56 Å². The first-order valence-electron chi connectivity index (χ1n) is 7.64. The quantitative estimate of drug-likeness (QED) is 0.775. The Morgan fingerprint density at radius 3 is 1.61 bits per heavy atom. The molecule has 126 valence electrons. The summed E-state index contributed by atoms with van der Waals surface area (Å²) in [4.78, 5) is 12.3. The summed E-state index contributed by atoms with van der Waals surface area (Å²) in [6.45, 7) is 11.2. The Labute approximate surface area is 135 Å². The molecule has 0 saturated heterocycles. The highest BCUT2D eigenvalue weighted by atomic mass is 16.7. The Kier molecular flexibility index (Phi) is 3.22. The third kappa shape index (κ3) is 2.36. The number of carbonyl (C=O) groups excluding carboxylic acids is 1. The molecule has 6 heteroatoms. The lowest BCUT2D eigenvalue weighted by Crippen LogP contribution is -2.31. The molecular formula is C17H22O6. The fourth-order valence-corrected chi connectivity index (χ4v) is 2.91. The van der Waals surface area contributed by atoms with Gasteiger partial charge in [0.1, 0.15) is 0 Å². The summed E-state index contributed by atoms with van der Waals surface area (Å²) in [5.74, 6) is -0.458. The zero-order valence-electron chi connectivity index (χ0n) is 14.5. The van der Waals surface area contributed by atoms with Gasteiger partial charge >= 0.3 is 5.97 Å². The van der Waals surface area contributed by atoms with Crippen LogP contribution >= 0.6 is 0 Å². The van der Waals surface area contributed by atoms with E-state index in [1.165, 1.54) is 7.11 Å². The van der Waals surface area contributed by atoms with Gasteiger partial charge in [0.15, 0.2) is 28.6 Å². The van der Waals surface area contributed by atoms with Gasteiger partial charge in [0, 0.05) is 33.3 Å². The Morgan fingerprint density at radius 2 is 1.26 bits per heavy atom. The Bertz CT molecular complexity index is 642. The summed E-state index contributed by atoms with van der Waals surface area (Å²) >= 11 is 0. The van der Waals surface area contributed by atoms with Crippen LogP contribution in [0.15, 0.2) is 0 Å². The molecule has 0 N–H and O–H groups in total. The fraction of sp³-hybridized carbons (Fsp3) is 0.588.